The number of nitrogens with zero attached hydrogens (tertiary/aromatic N) is 3. The van der Waals surface area contributed by atoms with Crippen LogP contribution in [0.3, 0.4) is 0 Å². The molecular formula is C29H23N3O2S. The number of thioether (sulfide) groups is 1. The maximum atomic E-state index is 14.1. The lowest BCUT2D eigenvalue weighted by molar-refractivity contribution is 0.0874. The summed E-state index contributed by atoms with van der Waals surface area (Å²) in [5, 5.41) is 21.2. The molecular weight excluding hydrogens is 454 g/mol. The van der Waals surface area contributed by atoms with Crippen LogP contribution >= 0.6 is 11.8 Å². The van der Waals surface area contributed by atoms with E-state index in [0.717, 1.165) is 21.6 Å². The number of hydrogen-bond donors (Lipinski definition) is 0. The lowest BCUT2D eigenvalue weighted by atomic mass is 9.67. The fourth-order valence-corrected chi connectivity index (χ4v) is 5.81. The minimum Gasteiger partial charge on any atom is -0.497 e. The summed E-state index contributed by atoms with van der Waals surface area (Å²) >= 11 is 1.62. The molecule has 0 radical (unpaired) electrons. The molecule has 0 amide bonds. The quantitative estimate of drug-likeness (QED) is 0.340. The summed E-state index contributed by atoms with van der Waals surface area (Å²) in [5.41, 5.74) is 1.69. The van der Waals surface area contributed by atoms with Crippen molar-refractivity contribution < 1.29 is 9.53 Å². The Morgan fingerprint density at radius 3 is 2.31 bits per heavy atom. The highest BCUT2D eigenvalue weighted by Crippen LogP contribution is 2.60. The average molecular weight is 478 g/mol. The number of nitriles is 2. The average Bonchev–Trinajstić information content (AvgIpc) is 3.23. The van der Waals surface area contributed by atoms with Crippen LogP contribution in [-0.2, 0) is 0 Å². The zero-order valence-electron chi connectivity index (χ0n) is 19.4. The van der Waals surface area contributed by atoms with E-state index >= 15 is 0 Å². The zero-order chi connectivity index (χ0) is 24.6. The van der Waals surface area contributed by atoms with Crippen LogP contribution in [0.1, 0.15) is 39.0 Å². The fraction of sp³-hybridized carbons (Fsp3) is 0.207. The van der Waals surface area contributed by atoms with E-state index in [-0.39, 0.29) is 5.78 Å². The summed E-state index contributed by atoms with van der Waals surface area (Å²) in [6.45, 7) is 0. The molecule has 5 rings (SSSR count). The number of rotatable bonds is 5. The van der Waals surface area contributed by atoms with Crippen molar-refractivity contribution in [2.24, 2.45) is 5.41 Å². The predicted octanol–water partition coefficient (Wildman–Crippen LogP) is 5.83. The van der Waals surface area contributed by atoms with Gasteiger partial charge in [0.15, 0.2) is 11.2 Å². The first kappa shape index (κ1) is 22.8. The van der Waals surface area contributed by atoms with Gasteiger partial charge < -0.3 is 9.64 Å². The molecule has 35 heavy (non-hydrogen) atoms. The highest BCUT2D eigenvalue weighted by atomic mass is 32.2. The van der Waals surface area contributed by atoms with Crippen molar-refractivity contribution in [2.45, 2.75) is 22.9 Å². The van der Waals surface area contributed by atoms with Crippen LogP contribution in [0.4, 0.5) is 0 Å². The molecule has 0 bridgehead atoms. The standard InChI is InChI=1S/C29H23N3O2S/c1-34-22-11-7-21(8-12-22)27(33)26-25(20-9-13-23(35-2)14-10-20)29(17-30,18-31)28-24-6-4-3-5-19(24)15-16-32(26)28/h3-16,25-26,28H,1-2H3/t25-,26+,28-/m0/s1. The number of hydrogen-bond acceptors (Lipinski definition) is 6. The molecule has 172 valence electrons. The number of methoxy groups -OCH3 is 1. The second kappa shape index (κ2) is 8.98. The predicted molar refractivity (Wildman–Crippen MR) is 136 cm³/mol. The molecule has 6 heteroatoms. The number of Topliss-reactive ketones (excluding diaryl/α,β-unsaturated/α-hetero) is 1. The van der Waals surface area contributed by atoms with Crippen LogP contribution in [0.2, 0.25) is 0 Å². The Morgan fingerprint density at radius 1 is 1.00 bits per heavy atom. The first-order chi connectivity index (χ1) is 17.1. The Kier molecular flexibility index (Phi) is 5.84. The van der Waals surface area contributed by atoms with Gasteiger partial charge in [0.2, 0.25) is 0 Å². The molecule has 0 saturated carbocycles. The molecule has 0 unspecified atom stereocenters. The van der Waals surface area contributed by atoms with Crippen LogP contribution in [0.5, 0.6) is 5.75 Å². The Hall–Kier alpha value is -4.00. The maximum absolute atomic E-state index is 14.1. The molecule has 2 aliphatic rings. The van der Waals surface area contributed by atoms with Crippen molar-refractivity contribution in [1.82, 2.24) is 4.90 Å². The third-order valence-electron chi connectivity index (χ3n) is 7.06. The fourth-order valence-electron chi connectivity index (χ4n) is 5.41. The summed E-state index contributed by atoms with van der Waals surface area (Å²) < 4.78 is 5.26. The summed E-state index contributed by atoms with van der Waals surface area (Å²) in [5.74, 6) is -0.123. The molecule has 2 aliphatic heterocycles. The van der Waals surface area contributed by atoms with Gasteiger partial charge in [-0.25, -0.2) is 0 Å². The highest BCUT2D eigenvalue weighted by molar-refractivity contribution is 7.98. The molecule has 3 atom stereocenters. The Bertz CT molecular complexity index is 1370. The van der Waals surface area contributed by atoms with E-state index in [1.807, 2.05) is 72.0 Å². The van der Waals surface area contributed by atoms with Crippen molar-refractivity contribution in [3.63, 3.8) is 0 Å². The van der Waals surface area contributed by atoms with Gasteiger partial charge in [-0.2, -0.15) is 10.5 Å². The van der Waals surface area contributed by atoms with Crippen LogP contribution in [-0.4, -0.2) is 30.1 Å². The van der Waals surface area contributed by atoms with Crippen molar-refractivity contribution in [3.8, 4) is 17.9 Å². The molecule has 5 nitrogen and oxygen atoms in total. The normalized spacial score (nSPS) is 21.4. The second-order valence-electron chi connectivity index (χ2n) is 8.68. The summed E-state index contributed by atoms with van der Waals surface area (Å²) in [7, 11) is 1.58. The number of carbonyl (C=O) groups excluding carboxylic acids is 1. The third kappa shape index (κ3) is 3.50. The minimum absolute atomic E-state index is 0.131. The largest absolute Gasteiger partial charge is 0.497 e. The van der Waals surface area contributed by atoms with E-state index < -0.39 is 23.4 Å². The van der Waals surface area contributed by atoms with Crippen molar-refractivity contribution in [2.75, 3.05) is 13.4 Å². The van der Waals surface area contributed by atoms with Crippen molar-refractivity contribution >= 4 is 23.6 Å². The smallest absolute Gasteiger partial charge is 0.185 e. The molecule has 0 N–H and O–H groups in total. The lowest BCUT2D eigenvalue weighted by Crippen LogP contribution is -2.37. The Labute approximate surface area is 209 Å². The highest BCUT2D eigenvalue weighted by Gasteiger charge is 2.63. The van der Waals surface area contributed by atoms with E-state index in [0.29, 0.717) is 11.3 Å². The van der Waals surface area contributed by atoms with Gasteiger partial charge in [-0.15, -0.1) is 11.8 Å². The van der Waals surface area contributed by atoms with Gasteiger partial charge in [-0.3, -0.25) is 4.79 Å². The molecule has 3 aromatic rings. The number of benzene rings is 3. The molecule has 3 aromatic carbocycles. The van der Waals surface area contributed by atoms with E-state index in [1.165, 1.54) is 0 Å². The van der Waals surface area contributed by atoms with Crippen LogP contribution in [0, 0.1) is 28.1 Å². The summed E-state index contributed by atoms with van der Waals surface area (Å²) in [4.78, 5) is 17.1. The van der Waals surface area contributed by atoms with Gasteiger partial charge in [0.25, 0.3) is 0 Å². The third-order valence-corrected chi connectivity index (χ3v) is 7.81. The molecule has 0 spiro atoms. The molecule has 1 fully saturated rings. The SMILES string of the molecule is COc1ccc(C(=O)[C@H]2[C@H](c3ccc(SC)cc3)C(C#N)(C#N)[C@@H]3c4ccccc4C=CN32)cc1. The maximum Gasteiger partial charge on any atom is 0.185 e. The molecule has 0 aliphatic carbocycles. The van der Waals surface area contributed by atoms with E-state index in [9.17, 15) is 15.3 Å². The summed E-state index contributed by atoms with van der Waals surface area (Å²) in [6, 6.07) is 26.1. The Morgan fingerprint density at radius 2 is 1.69 bits per heavy atom. The van der Waals surface area contributed by atoms with E-state index in [4.69, 9.17) is 4.74 Å². The first-order valence-electron chi connectivity index (χ1n) is 11.3. The molecule has 0 aromatic heterocycles. The zero-order valence-corrected chi connectivity index (χ0v) is 20.2. The van der Waals surface area contributed by atoms with Gasteiger partial charge in [-0.1, -0.05) is 36.4 Å². The van der Waals surface area contributed by atoms with Gasteiger partial charge in [-0.05, 0) is 65.4 Å². The minimum atomic E-state index is -1.46. The number of fused-ring (bicyclic) bond motifs is 3. The topological polar surface area (TPSA) is 77.1 Å². The van der Waals surface area contributed by atoms with Gasteiger partial charge in [0, 0.05) is 22.6 Å². The number of ketones is 1. The van der Waals surface area contributed by atoms with Crippen molar-refractivity contribution in [1.29, 1.82) is 10.5 Å². The monoisotopic (exact) mass is 477 g/mol. The van der Waals surface area contributed by atoms with Gasteiger partial charge in [0.05, 0.1) is 25.3 Å². The van der Waals surface area contributed by atoms with E-state index in [1.54, 1.807) is 43.1 Å². The van der Waals surface area contributed by atoms with Crippen LogP contribution in [0.25, 0.3) is 6.08 Å². The first-order valence-corrected chi connectivity index (χ1v) is 12.5. The second-order valence-corrected chi connectivity index (χ2v) is 9.56. The lowest BCUT2D eigenvalue weighted by Gasteiger charge is -2.34. The van der Waals surface area contributed by atoms with Gasteiger partial charge in [0.1, 0.15) is 11.8 Å². The van der Waals surface area contributed by atoms with Gasteiger partial charge >= 0.3 is 0 Å². The van der Waals surface area contributed by atoms with Crippen LogP contribution < -0.4 is 4.74 Å². The summed E-state index contributed by atoms with van der Waals surface area (Å²) in [6.07, 6.45) is 5.83. The molecule has 2 heterocycles. The molecule has 1 saturated heterocycles. The number of ether oxygens (including phenoxy) is 1. The Balaban J connectivity index is 1.73. The van der Waals surface area contributed by atoms with E-state index in [2.05, 4.69) is 12.1 Å². The van der Waals surface area contributed by atoms with Crippen LogP contribution in [0.15, 0.2) is 83.9 Å². The number of carbonyl (C=O) groups is 1. The van der Waals surface area contributed by atoms with Crippen molar-refractivity contribution in [3.05, 3.63) is 101 Å².